The zero-order valence-electron chi connectivity index (χ0n) is 16.0. The molecule has 0 spiro atoms. The van der Waals surface area contributed by atoms with E-state index in [1.54, 1.807) is 29.6 Å². The van der Waals surface area contributed by atoms with Crippen LogP contribution < -0.4 is 5.32 Å². The summed E-state index contributed by atoms with van der Waals surface area (Å²) in [5.41, 5.74) is 1.13. The van der Waals surface area contributed by atoms with Crippen LogP contribution in [-0.2, 0) is 14.6 Å². The maximum absolute atomic E-state index is 13.0. The second-order valence-corrected chi connectivity index (χ2v) is 10.2. The van der Waals surface area contributed by atoms with E-state index >= 15 is 0 Å². The molecule has 6 nitrogen and oxygen atoms in total. The lowest BCUT2D eigenvalue weighted by atomic mass is 9.87. The van der Waals surface area contributed by atoms with E-state index < -0.39 is 9.84 Å². The number of aromatic nitrogens is 1. The normalized spacial score (nSPS) is 16.1. The molecule has 0 saturated heterocycles. The number of carbonyl (C=O) groups is 2. The number of hydrogen-bond donors (Lipinski definition) is 1. The number of rotatable bonds is 7. The van der Waals surface area contributed by atoms with Crippen molar-refractivity contribution in [3.8, 4) is 0 Å². The van der Waals surface area contributed by atoms with E-state index in [0.717, 1.165) is 24.8 Å². The third-order valence-electron chi connectivity index (χ3n) is 5.17. The van der Waals surface area contributed by atoms with Crippen LogP contribution in [-0.4, -0.2) is 31.3 Å². The predicted octanol–water partition coefficient (Wildman–Crippen LogP) is 4.05. The average Bonchev–Trinajstić information content (AvgIpc) is 3.30. The van der Waals surface area contributed by atoms with Crippen LogP contribution in [0.2, 0.25) is 0 Å². The summed E-state index contributed by atoms with van der Waals surface area (Å²) in [4.78, 5) is 28.8. The molecule has 1 N–H and O–H groups in total. The van der Waals surface area contributed by atoms with Crippen LogP contribution >= 0.6 is 11.3 Å². The molecule has 0 bridgehead atoms. The van der Waals surface area contributed by atoms with Gasteiger partial charge in [-0.15, -0.1) is 11.3 Å². The van der Waals surface area contributed by atoms with Crippen molar-refractivity contribution in [3.63, 3.8) is 0 Å². The molecule has 1 fully saturated rings. The molecule has 0 aliphatic heterocycles. The number of nitrogens with zero attached hydrogens (tertiary/aromatic N) is 1. The van der Waals surface area contributed by atoms with Gasteiger partial charge in [-0.2, -0.15) is 0 Å². The molecule has 150 valence electrons. The molecule has 2 aromatic rings. The first-order valence-corrected chi connectivity index (χ1v) is 12.1. The number of sulfone groups is 1. The van der Waals surface area contributed by atoms with Gasteiger partial charge in [0.05, 0.1) is 10.8 Å². The van der Waals surface area contributed by atoms with Crippen molar-refractivity contribution in [1.29, 1.82) is 0 Å². The fourth-order valence-corrected chi connectivity index (χ4v) is 4.99. The summed E-state index contributed by atoms with van der Waals surface area (Å²) in [5.74, 6) is -0.227. The summed E-state index contributed by atoms with van der Waals surface area (Å²) in [7, 11) is -3.28. The van der Waals surface area contributed by atoms with Gasteiger partial charge in [-0.25, -0.2) is 13.4 Å². The number of ketones is 1. The molecule has 1 heterocycles. The standard InChI is InChI=1S/C20H24N2O4S2/c1-13(23)18-12-27-20(21-18)22-19(24)17(11-14-5-3-4-6-14)15-7-9-16(10-8-15)28(2,25)26/h7-10,12,14,17H,3-6,11H2,1-2H3,(H,21,22,24)/t17-/m1/s1. The van der Waals surface area contributed by atoms with Gasteiger partial charge in [0.25, 0.3) is 0 Å². The first-order chi connectivity index (χ1) is 13.2. The largest absolute Gasteiger partial charge is 0.301 e. The summed E-state index contributed by atoms with van der Waals surface area (Å²) in [5, 5.41) is 4.86. The highest BCUT2D eigenvalue weighted by atomic mass is 32.2. The van der Waals surface area contributed by atoms with E-state index in [1.807, 2.05) is 0 Å². The molecule has 1 saturated carbocycles. The van der Waals surface area contributed by atoms with Crippen LogP contribution in [0.1, 0.15) is 61.0 Å². The number of anilines is 1. The van der Waals surface area contributed by atoms with E-state index in [2.05, 4.69) is 10.3 Å². The molecule has 1 amide bonds. The van der Waals surface area contributed by atoms with Crippen LogP contribution in [0.3, 0.4) is 0 Å². The van der Waals surface area contributed by atoms with Crippen molar-refractivity contribution in [2.75, 3.05) is 11.6 Å². The molecule has 1 aromatic heterocycles. The topological polar surface area (TPSA) is 93.2 Å². The smallest absolute Gasteiger partial charge is 0.233 e. The highest BCUT2D eigenvalue weighted by Gasteiger charge is 2.27. The quantitative estimate of drug-likeness (QED) is 0.682. The van der Waals surface area contributed by atoms with E-state index in [1.165, 1.54) is 37.4 Å². The summed E-state index contributed by atoms with van der Waals surface area (Å²) >= 11 is 1.22. The molecule has 0 radical (unpaired) electrons. The van der Waals surface area contributed by atoms with Gasteiger partial charge in [0, 0.05) is 18.6 Å². The minimum absolute atomic E-state index is 0.143. The van der Waals surface area contributed by atoms with Crippen LogP contribution in [0.25, 0.3) is 0 Å². The van der Waals surface area contributed by atoms with E-state index in [-0.39, 0.29) is 22.5 Å². The zero-order valence-corrected chi connectivity index (χ0v) is 17.6. The fourth-order valence-electron chi connectivity index (χ4n) is 3.61. The number of nitrogens with one attached hydrogen (secondary N) is 1. The van der Waals surface area contributed by atoms with Gasteiger partial charge < -0.3 is 5.32 Å². The summed E-state index contributed by atoms with van der Waals surface area (Å²) in [6.07, 6.45) is 6.46. The molecule has 1 aromatic carbocycles. The van der Waals surface area contributed by atoms with Crippen molar-refractivity contribution >= 4 is 38.0 Å². The van der Waals surface area contributed by atoms with Crippen LogP contribution in [0, 0.1) is 5.92 Å². The number of thiazole rings is 1. The van der Waals surface area contributed by atoms with E-state index in [0.29, 0.717) is 16.7 Å². The van der Waals surface area contributed by atoms with Gasteiger partial charge in [0.2, 0.25) is 5.91 Å². The van der Waals surface area contributed by atoms with Crippen molar-refractivity contribution in [3.05, 3.63) is 40.9 Å². The number of amides is 1. The molecule has 28 heavy (non-hydrogen) atoms. The molecule has 8 heteroatoms. The molecular weight excluding hydrogens is 396 g/mol. The first-order valence-electron chi connectivity index (χ1n) is 9.31. The Balaban J connectivity index is 1.82. The Kier molecular flexibility index (Phi) is 6.30. The minimum Gasteiger partial charge on any atom is -0.301 e. The predicted molar refractivity (Wildman–Crippen MR) is 110 cm³/mol. The Hall–Kier alpha value is -2.06. The Morgan fingerprint density at radius 1 is 1.21 bits per heavy atom. The molecule has 1 aliphatic rings. The van der Waals surface area contributed by atoms with Crippen LogP contribution in [0.5, 0.6) is 0 Å². The lowest BCUT2D eigenvalue weighted by Crippen LogP contribution is -2.23. The number of benzene rings is 1. The number of Topliss-reactive ketones (excluding diaryl/α,β-unsaturated/α-hetero) is 1. The highest BCUT2D eigenvalue weighted by Crippen LogP contribution is 2.35. The maximum Gasteiger partial charge on any atom is 0.233 e. The zero-order chi connectivity index (χ0) is 20.3. The van der Waals surface area contributed by atoms with Crippen LogP contribution in [0.15, 0.2) is 34.5 Å². The fraction of sp³-hybridized carbons (Fsp3) is 0.450. The second-order valence-electron chi connectivity index (χ2n) is 7.36. The monoisotopic (exact) mass is 420 g/mol. The van der Waals surface area contributed by atoms with Crippen molar-refractivity contribution in [2.45, 2.75) is 49.8 Å². The van der Waals surface area contributed by atoms with E-state index in [4.69, 9.17) is 0 Å². The van der Waals surface area contributed by atoms with Gasteiger partial charge in [-0.05, 0) is 30.0 Å². The highest BCUT2D eigenvalue weighted by molar-refractivity contribution is 7.90. The maximum atomic E-state index is 13.0. The summed E-state index contributed by atoms with van der Waals surface area (Å²) in [6.45, 7) is 1.44. The number of carbonyl (C=O) groups excluding carboxylic acids is 2. The molecule has 3 rings (SSSR count). The van der Waals surface area contributed by atoms with Crippen molar-refractivity contribution in [1.82, 2.24) is 4.98 Å². The molecular formula is C20H24N2O4S2. The van der Waals surface area contributed by atoms with Gasteiger partial charge in [-0.1, -0.05) is 37.8 Å². The van der Waals surface area contributed by atoms with Gasteiger partial charge in [-0.3, -0.25) is 9.59 Å². The Bertz CT molecular complexity index is 958. The van der Waals surface area contributed by atoms with Crippen LogP contribution in [0.4, 0.5) is 5.13 Å². The number of hydrogen-bond acceptors (Lipinski definition) is 6. The second kappa shape index (κ2) is 8.53. The molecule has 0 unspecified atom stereocenters. The molecule has 1 aliphatic carbocycles. The van der Waals surface area contributed by atoms with Gasteiger partial charge >= 0.3 is 0 Å². The minimum atomic E-state index is -3.28. The molecule has 1 atom stereocenters. The SMILES string of the molecule is CC(=O)c1csc(NC(=O)[C@H](CC2CCCC2)c2ccc(S(C)(=O)=O)cc2)n1. The summed E-state index contributed by atoms with van der Waals surface area (Å²) in [6, 6.07) is 6.55. The van der Waals surface area contributed by atoms with Gasteiger partial charge in [0.1, 0.15) is 5.69 Å². The van der Waals surface area contributed by atoms with Crippen molar-refractivity contribution in [2.24, 2.45) is 5.92 Å². The lowest BCUT2D eigenvalue weighted by Gasteiger charge is -2.20. The Morgan fingerprint density at radius 2 is 1.86 bits per heavy atom. The summed E-state index contributed by atoms with van der Waals surface area (Å²) < 4.78 is 23.4. The third-order valence-corrected chi connectivity index (χ3v) is 7.05. The van der Waals surface area contributed by atoms with E-state index in [9.17, 15) is 18.0 Å². The Labute approximate surface area is 169 Å². The third kappa shape index (κ3) is 5.05. The van der Waals surface area contributed by atoms with Gasteiger partial charge in [0.15, 0.2) is 20.8 Å². The average molecular weight is 421 g/mol. The Morgan fingerprint density at radius 3 is 2.39 bits per heavy atom. The van der Waals surface area contributed by atoms with Crippen molar-refractivity contribution < 1.29 is 18.0 Å². The first kappa shape index (κ1) is 20.7. The lowest BCUT2D eigenvalue weighted by molar-refractivity contribution is -0.118.